The fraction of sp³-hybridized carbons (Fsp3) is 0.467. The fourth-order valence-electron chi connectivity index (χ4n) is 2.37. The molecule has 0 aromatic carbocycles. The highest BCUT2D eigenvalue weighted by molar-refractivity contribution is 5.56. The number of nitrogens with zero attached hydrogens (tertiary/aromatic N) is 5. The van der Waals surface area contributed by atoms with Crippen molar-refractivity contribution < 1.29 is 9.26 Å². The van der Waals surface area contributed by atoms with Gasteiger partial charge in [0.15, 0.2) is 5.69 Å². The zero-order valence-corrected chi connectivity index (χ0v) is 12.6. The Morgan fingerprint density at radius 2 is 2.32 bits per heavy atom. The van der Waals surface area contributed by atoms with Gasteiger partial charge in [-0.15, -0.1) is 0 Å². The molecule has 1 aliphatic heterocycles. The van der Waals surface area contributed by atoms with Crippen LogP contribution in [0.1, 0.15) is 43.3 Å². The zero-order chi connectivity index (χ0) is 15.5. The summed E-state index contributed by atoms with van der Waals surface area (Å²) in [5.74, 6) is 1.34. The lowest BCUT2D eigenvalue weighted by atomic mass is 10.2. The minimum absolute atomic E-state index is 0.185. The van der Waals surface area contributed by atoms with Crippen LogP contribution in [0.25, 0.3) is 0 Å². The lowest BCUT2D eigenvalue weighted by Crippen LogP contribution is -2.39. The molecule has 0 spiro atoms. The summed E-state index contributed by atoms with van der Waals surface area (Å²) in [6.45, 7) is 5.81. The summed E-state index contributed by atoms with van der Waals surface area (Å²) in [5, 5.41) is 13.2. The summed E-state index contributed by atoms with van der Waals surface area (Å²) >= 11 is 0. The van der Waals surface area contributed by atoms with Crippen LogP contribution in [0.3, 0.4) is 0 Å². The lowest BCUT2D eigenvalue weighted by Gasteiger charge is -2.33. The summed E-state index contributed by atoms with van der Waals surface area (Å²) in [6.07, 6.45) is 1.35. The van der Waals surface area contributed by atoms with Crippen LogP contribution >= 0.6 is 0 Å². The largest absolute Gasteiger partial charge is 0.366 e. The van der Waals surface area contributed by atoms with E-state index in [9.17, 15) is 5.26 Å². The van der Waals surface area contributed by atoms with Gasteiger partial charge in [0.1, 0.15) is 12.2 Å². The Balaban J connectivity index is 1.80. The lowest BCUT2D eigenvalue weighted by molar-refractivity contribution is 0.0326. The van der Waals surface area contributed by atoms with E-state index in [-0.39, 0.29) is 12.0 Å². The molecule has 2 aromatic heterocycles. The maximum Gasteiger partial charge on any atom is 0.229 e. The normalized spacial score (nSPS) is 18.5. The van der Waals surface area contributed by atoms with Gasteiger partial charge in [-0.2, -0.15) is 10.2 Å². The van der Waals surface area contributed by atoms with Gasteiger partial charge < -0.3 is 14.2 Å². The summed E-state index contributed by atoms with van der Waals surface area (Å²) in [6, 6.07) is 5.84. The van der Waals surface area contributed by atoms with Crippen molar-refractivity contribution in [2.24, 2.45) is 0 Å². The first-order chi connectivity index (χ1) is 10.7. The van der Waals surface area contributed by atoms with Crippen molar-refractivity contribution in [3.8, 4) is 6.07 Å². The number of ether oxygens (including phenoxy) is 1. The predicted octanol–water partition coefficient (Wildman–Crippen LogP) is 2.04. The van der Waals surface area contributed by atoms with Crippen LogP contribution in [-0.2, 0) is 4.74 Å². The van der Waals surface area contributed by atoms with Crippen LogP contribution in [0.15, 0.2) is 22.9 Å². The van der Waals surface area contributed by atoms with Crippen LogP contribution in [0, 0.1) is 11.3 Å². The second-order valence-corrected chi connectivity index (χ2v) is 5.43. The van der Waals surface area contributed by atoms with E-state index in [4.69, 9.17) is 9.26 Å². The molecular weight excluding hydrogens is 282 g/mol. The van der Waals surface area contributed by atoms with E-state index < -0.39 is 0 Å². The van der Waals surface area contributed by atoms with E-state index in [2.05, 4.69) is 26.1 Å². The van der Waals surface area contributed by atoms with E-state index in [0.29, 0.717) is 37.1 Å². The van der Waals surface area contributed by atoms with Crippen molar-refractivity contribution in [3.05, 3.63) is 35.7 Å². The number of aromatic nitrogens is 3. The van der Waals surface area contributed by atoms with Crippen molar-refractivity contribution in [2.75, 3.05) is 24.6 Å². The average molecular weight is 299 g/mol. The minimum Gasteiger partial charge on any atom is -0.366 e. The molecule has 114 valence electrons. The van der Waals surface area contributed by atoms with E-state index in [1.807, 2.05) is 26.0 Å². The quantitative estimate of drug-likeness (QED) is 0.856. The third-order valence-electron chi connectivity index (χ3n) is 3.54. The van der Waals surface area contributed by atoms with Gasteiger partial charge in [0.05, 0.1) is 18.8 Å². The van der Waals surface area contributed by atoms with Gasteiger partial charge in [0, 0.05) is 18.7 Å². The molecule has 1 fully saturated rings. The van der Waals surface area contributed by atoms with Crippen molar-refractivity contribution in [1.82, 2.24) is 15.1 Å². The molecule has 7 nitrogen and oxygen atoms in total. The van der Waals surface area contributed by atoms with Gasteiger partial charge >= 0.3 is 0 Å². The van der Waals surface area contributed by atoms with Crippen LogP contribution in [0.4, 0.5) is 5.69 Å². The highest BCUT2D eigenvalue weighted by atomic mass is 16.5. The monoisotopic (exact) mass is 299 g/mol. The number of morpholine rings is 1. The zero-order valence-electron chi connectivity index (χ0n) is 12.6. The molecule has 22 heavy (non-hydrogen) atoms. The SMILES string of the molecule is CC(C)c1nc(C2CN(c3cccnc3C#N)CCO2)no1. The van der Waals surface area contributed by atoms with E-state index in [1.165, 1.54) is 0 Å². The molecule has 0 radical (unpaired) electrons. The highest BCUT2D eigenvalue weighted by Gasteiger charge is 2.28. The number of hydrogen-bond acceptors (Lipinski definition) is 7. The summed E-state index contributed by atoms with van der Waals surface area (Å²) in [4.78, 5) is 10.6. The van der Waals surface area contributed by atoms with Crippen LogP contribution in [0.2, 0.25) is 0 Å². The maximum atomic E-state index is 9.19. The maximum absolute atomic E-state index is 9.19. The summed E-state index contributed by atoms with van der Waals surface area (Å²) < 4.78 is 11.0. The molecule has 1 unspecified atom stereocenters. The van der Waals surface area contributed by atoms with Crippen LogP contribution < -0.4 is 4.90 Å². The molecule has 0 bridgehead atoms. The Morgan fingerprint density at radius 3 is 3.05 bits per heavy atom. The molecule has 1 atom stereocenters. The van der Waals surface area contributed by atoms with E-state index >= 15 is 0 Å². The van der Waals surface area contributed by atoms with E-state index in [0.717, 1.165) is 5.69 Å². The van der Waals surface area contributed by atoms with Crippen LogP contribution in [0.5, 0.6) is 0 Å². The molecular formula is C15H17N5O2. The number of anilines is 1. The van der Waals surface area contributed by atoms with Crippen molar-refractivity contribution >= 4 is 5.69 Å². The minimum atomic E-state index is -0.267. The molecule has 0 saturated carbocycles. The Hall–Kier alpha value is -2.46. The third kappa shape index (κ3) is 2.78. The highest BCUT2D eigenvalue weighted by Crippen LogP contribution is 2.26. The van der Waals surface area contributed by atoms with Gasteiger partial charge in [-0.3, -0.25) is 0 Å². The van der Waals surface area contributed by atoms with Gasteiger partial charge in [-0.25, -0.2) is 4.98 Å². The third-order valence-corrected chi connectivity index (χ3v) is 3.54. The summed E-state index contributed by atoms with van der Waals surface area (Å²) in [7, 11) is 0. The summed E-state index contributed by atoms with van der Waals surface area (Å²) in [5.41, 5.74) is 1.23. The average Bonchev–Trinajstić information content (AvgIpc) is 3.05. The smallest absolute Gasteiger partial charge is 0.229 e. The molecule has 1 saturated heterocycles. The Kier molecular flexibility index (Phi) is 4.02. The number of hydrogen-bond donors (Lipinski definition) is 0. The fourth-order valence-corrected chi connectivity index (χ4v) is 2.37. The van der Waals surface area contributed by atoms with Crippen molar-refractivity contribution in [1.29, 1.82) is 5.26 Å². The van der Waals surface area contributed by atoms with Crippen molar-refractivity contribution in [3.63, 3.8) is 0 Å². The predicted molar refractivity (Wildman–Crippen MR) is 78.2 cm³/mol. The first kappa shape index (κ1) is 14.5. The molecule has 0 aliphatic carbocycles. The first-order valence-corrected chi connectivity index (χ1v) is 7.24. The number of nitriles is 1. The molecule has 3 heterocycles. The topological polar surface area (TPSA) is 88.1 Å². The molecule has 7 heteroatoms. The van der Waals surface area contributed by atoms with Gasteiger partial charge in [-0.05, 0) is 12.1 Å². The Labute approximate surface area is 128 Å². The van der Waals surface area contributed by atoms with Gasteiger partial charge in [-0.1, -0.05) is 19.0 Å². The first-order valence-electron chi connectivity index (χ1n) is 7.24. The molecule has 1 aliphatic rings. The molecule has 3 rings (SSSR count). The number of rotatable bonds is 3. The molecule has 2 aromatic rings. The Morgan fingerprint density at radius 1 is 1.45 bits per heavy atom. The second kappa shape index (κ2) is 6.12. The number of pyridine rings is 1. The van der Waals surface area contributed by atoms with Gasteiger partial charge in [0.2, 0.25) is 11.7 Å². The Bertz CT molecular complexity index is 691. The van der Waals surface area contributed by atoms with Gasteiger partial charge in [0.25, 0.3) is 0 Å². The van der Waals surface area contributed by atoms with Crippen molar-refractivity contribution in [2.45, 2.75) is 25.9 Å². The second-order valence-electron chi connectivity index (χ2n) is 5.43. The van der Waals surface area contributed by atoms with E-state index in [1.54, 1.807) is 6.20 Å². The molecule has 0 amide bonds. The molecule has 0 N–H and O–H groups in total. The van der Waals surface area contributed by atoms with Crippen LogP contribution in [-0.4, -0.2) is 34.8 Å². The standard InChI is InChI=1S/C15H17N5O2/c1-10(2)15-18-14(19-22-15)13-9-20(6-7-21-13)12-4-3-5-17-11(12)8-16/h3-5,10,13H,6-7,9H2,1-2H3.